The van der Waals surface area contributed by atoms with Crippen molar-refractivity contribution in [2.45, 2.75) is 78.3 Å². The van der Waals surface area contributed by atoms with Gasteiger partial charge in [-0.1, -0.05) is 34.1 Å². The summed E-state index contributed by atoms with van der Waals surface area (Å²) in [6.07, 6.45) is 11.2. The molecule has 0 bridgehead atoms. The molecule has 1 fully saturated rings. The first kappa shape index (κ1) is 15.6. The van der Waals surface area contributed by atoms with Crippen molar-refractivity contribution in [1.82, 2.24) is 9.78 Å². The second-order valence-corrected chi connectivity index (χ2v) is 7.64. The summed E-state index contributed by atoms with van der Waals surface area (Å²) >= 11 is 0. The number of nitrogens with two attached hydrogens (primary N) is 1. The zero-order valence-electron chi connectivity index (χ0n) is 13.7. The molecule has 0 spiro atoms. The normalized spacial score (nSPS) is 28.4. The van der Waals surface area contributed by atoms with Crippen LogP contribution in [0, 0.1) is 11.3 Å². The summed E-state index contributed by atoms with van der Waals surface area (Å²) in [4.78, 5) is 0. The number of hydrogen-bond donors (Lipinski definition) is 1. The van der Waals surface area contributed by atoms with Crippen molar-refractivity contribution in [2.24, 2.45) is 17.1 Å². The first-order valence-electron chi connectivity index (χ1n) is 8.17. The van der Waals surface area contributed by atoms with Gasteiger partial charge in [-0.25, -0.2) is 0 Å². The molecule has 1 aromatic rings. The average molecular weight is 277 g/mol. The fourth-order valence-electron chi connectivity index (χ4n) is 3.49. The van der Waals surface area contributed by atoms with E-state index in [2.05, 4.69) is 39.0 Å². The molecule has 20 heavy (non-hydrogen) atoms. The van der Waals surface area contributed by atoms with E-state index in [-0.39, 0.29) is 5.54 Å². The van der Waals surface area contributed by atoms with Gasteiger partial charge in [-0.2, -0.15) is 5.10 Å². The van der Waals surface area contributed by atoms with E-state index >= 15 is 0 Å². The lowest BCUT2D eigenvalue weighted by atomic mass is 9.76. The predicted octanol–water partition coefficient (Wildman–Crippen LogP) is 4.07. The van der Waals surface area contributed by atoms with Gasteiger partial charge in [0, 0.05) is 23.8 Å². The van der Waals surface area contributed by atoms with Crippen LogP contribution in [0.4, 0.5) is 0 Å². The molecule has 0 aromatic carbocycles. The Hall–Kier alpha value is -0.830. The molecular weight excluding hydrogens is 246 g/mol. The summed E-state index contributed by atoms with van der Waals surface area (Å²) in [5, 5.41) is 4.46. The zero-order valence-corrected chi connectivity index (χ0v) is 13.7. The molecule has 114 valence electrons. The molecule has 3 heteroatoms. The third-order valence-corrected chi connectivity index (χ3v) is 5.00. The Morgan fingerprint density at radius 3 is 2.75 bits per heavy atom. The van der Waals surface area contributed by atoms with Crippen molar-refractivity contribution in [1.29, 1.82) is 0 Å². The number of nitrogens with zero attached hydrogens (tertiary/aromatic N) is 2. The fourth-order valence-corrected chi connectivity index (χ4v) is 3.49. The van der Waals surface area contributed by atoms with E-state index in [0.717, 1.165) is 31.7 Å². The molecule has 2 rings (SSSR count). The van der Waals surface area contributed by atoms with Crippen molar-refractivity contribution in [3.05, 3.63) is 18.0 Å². The number of hydrogen-bond acceptors (Lipinski definition) is 2. The van der Waals surface area contributed by atoms with Crippen LogP contribution in [0.1, 0.15) is 71.8 Å². The molecule has 1 aliphatic carbocycles. The van der Waals surface area contributed by atoms with Gasteiger partial charge >= 0.3 is 0 Å². The molecular formula is C17H31N3. The van der Waals surface area contributed by atoms with Gasteiger partial charge in [0.05, 0.1) is 6.20 Å². The Labute approximate surface area is 123 Å². The van der Waals surface area contributed by atoms with Crippen molar-refractivity contribution >= 4 is 0 Å². The Kier molecular flexibility index (Phi) is 4.58. The van der Waals surface area contributed by atoms with Gasteiger partial charge in [-0.05, 0) is 43.4 Å². The lowest BCUT2D eigenvalue weighted by Crippen LogP contribution is -2.36. The zero-order chi connectivity index (χ0) is 14.8. The number of rotatable bonds is 3. The smallest absolute Gasteiger partial charge is 0.0540 e. The minimum Gasteiger partial charge on any atom is -0.321 e. The monoisotopic (exact) mass is 277 g/mol. The molecule has 1 aliphatic rings. The standard InChI is InChI=1S/C17H31N3/c1-5-11-20-13-15(12-19-20)17(18)9-6-7-14(8-10-17)16(2,3)4/h12-14H,5-11,18H2,1-4H3. The molecule has 2 unspecified atom stereocenters. The summed E-state index contributed by atoms with van der Waals surface area (Å²) in [7, 11) is 0. The van der Waals surface area contributed by atoms with Gasteiger partial charge in [-0.3, -0.25) is 4.68 Å². The van der Waals surface area contributed by atoms with Gasteiger partial charge in [-0.15, -0.1) is 0 Å². The quantitative estimate of drug-likeness (QED) is 0.846. The van der Waals surface area contributed by atoms with Crippen molar-refractivity contribution in [2.75, 3.05) is 0 Å². The highest BCUT2D eigenvalue weighted by molar-refractivity contribution is 5.18. The third-order valence-electron chi connectivity index (χ3n) is 5.00. The largest absolute Gasteiger partial charge is 0.321 e. The number of aromatic nitrogens is 2. The van der Waals surface area contributed by atoms with Gasteiger partial charge in [0.15, 0.2) is 0 Å². The summed E-state index contributed by atoms with van der Waals surface area (Å²) in [5.74, 6) is 0.790. The Morgan fingerprint density at radius 2 is 2.10 bits per heavy atom. The van der Waals surface area contributed by atoms with Crippen LogP contribution >= 0.6 is 0 Å². The second kappa shape index (κ2) is 5.88. The van der Waals surface area contributed by atoms with Crippen LogP contribution in [0.3, 0.4) is 0 Å². The summed E-state index contributed by atoms with van der Waals surface area (Å²) in [6, 6.07) is 0. The lowest BCUT2D eigenvalue weighted by Gasteiger charge is -2.31. The highest BCUT2D eigenvalue weighted by Crippen LogP contribution is 2.42. The molecule has 0 amide bonds. The van der Waals surface area contributed by atoms with Crippen LogP contribution in [0.15, 0.2) is 12.4 Å². The minimum absolute atomic E-state index is 0.161. The van der Waals surface area contributed by atoms with Crippen molar-refractivity contribution in [3.63, 3.8) is 0 Å². The molecule has 2 N–H and O–H groups in total. The molecule has 0 aliphatic heterocycles. The van der Waals surface area contributed by atoms with Gasteiger partial charge in [0.2, 0.25) is 0 Å². The number of aryl methyl sites for hydroxylation is 1. The predicted molar refractivity (Wildman–Crippen MR) is 84.4 cm³/mol. The molecule has 1 saturated carbocycles. The van der Waals surface area contributed by atoms with E-state index in [0.29, 0.717) is 5.41 Å². The highest BCUT2D eigenvalue weighted by Gasteiger charge is 2.35. The van der Waals surface area contributed by atoms with Gasteiger partial charge in [0.1, 0.15) is 0 Å². The molecule has 1 aromatic heterocycles. The molecule has 0 saturated heterocycles. The van der Waals surface area contributed by atoms with E-state index in [1.54, 1.807) is 0 Å². The first-order chi connectivity index (χ1) is 9.35. The third kappa shape index (κ3) is 3.43. The van der Waals surface area contributed by atoms with Crippen LogP contribution in [-0.2, 0) is 12.1 Å². The Bertz CT molecular complexity index is 430. The molecule has 0 radical (unpaired) electrons. The summed E-state index contributed by atoms with van der Waals surface area (Å²) in [6.45, 7) is 10.3. The van der Waals surface area contributed by atoms with E-state index in [9.17, 15) is 0 Å². The van der Waals surface area contributed by atoms with Gasteiger partial charge < -0.3 is 5.73 Å². The average Bonchev–Trinajstić information content (AvgIpc) is 2.72. The van der Waals surface area contributed by atoms with E-state index < -0.39 is 0 Å². The molecule has 2 atom stereocenters. The summed E-state index contributed by atoms with van der Waals surface area (Å²) < 4.78 is 2.04. The van der Waals surface area contributed by atoms with Crippen LogP contribution in [0.2, 0.25) is 0 Å². The highest BCUT2D eigenvalue weighted by atomic mass is 15.3. The van der Waals surface area contributed by atoms with Crippen LogP contribution in [0.5, 0.6) is 0 Å². The van der Waals surface area contributed by atoms with Crippen LogP contribution < -0.4 is 5.73 Å². The van der Waals surface area contributed by atoms with Crippen molar-refractivity contribution in [3.8, 4) is 0 Å². The van der Waals surface area contributed by atoms with E-state index in [1.807, 2.05) is 10.9 Å². The maximum Gasteiger partial charge on any atom is 0.0540 e. The van der Waals surface area contributed by atoms with E-state index in [4.69, 9.17) is 5.73 Å². The maximum absolute atomic E-state index is 6.74. The topological polar surface area (TPSA) is 43.8 Å². The Morgan fingerprint density at radius 1 is 1.35 bits per heavy atom. The summed E-state index contributed by atoms with van der Waals surface area (Å²) in [5.41, 5.74) is 8.22. The maximum atomic E-state index is 6.74. The minimum atomic E-state index is -0.161. The second-order valence-electron chi connectivity index (χ2n) is 7.64. The van der Waals surface area contributed by atoms with Crippen LogP contribution in [0.25, 0.3) is 0 Å². The van der Waals surface area contributed by atoms with Crippen molar-refractivity contribution < 1.29 is 0 Å². The first-order valence-corrected chi connectivity index (χ1v) is 8.17. The SMILES string of the molecule is CCCn1cc(C2(N)CCCC(C(C)(C)C)CC2)cn1. The fraction of sp³-hybridized carbons (Fsp3) is 0.824. The van der Waals surface area contributed by atoms with Crippen LogP contribution in [-0.4, -0.2) is 9.78 Å². The van der Waals surface area contributed by atoms with E-state index in [1.165, 1.54) is 24.8 Å². The lowest BCUT2D eigenvalue weighted by molar-refractivity contribution is 0.211. The molecule has 1 heterocycles. The Balaban J connectivity index is 2.10. The molecule has 3 nitrogen and oxygen atoms in total. The van der Waals surface area contributed by atoms with Gasteiger partial charge in [0.25, 0.3) is 0 Å².